The first kappa shape index (κ1) is 26.7. The van der Waals surface area contributed by atoms with Gasteiger partial charge in [-0.1, -0.05) is 72.1 Å². The topological polar surface area (TPSA) is 27.7 Å². The van der Waals surface area contributed by atoms with Crippen LogP contribution in [0.15, 0.2) is 85.2 Å². The van der Waals surface area contributed by atoms with Crippen molar-refractivity contribution in [1.29, 1.82) is 0 Å². The van der Waals surface area contributed by atoms with E-state index in [4.69, 9.17) is 12.7 Å². The molecule has 0 N–H and O–H groups in total. The average Bonchev–Trinajstić information content (AvgIpc) is 2.73. The summed E-state index contributed by atoms with van der Waals surface area (Å²) >= 11 is 0. The fraction of sp³-hybridized carbons (Fsp3) is 0.304. The van der Waals surface area contributed by atoms with Crippen molar-refractivity contribution in [3.63, 3.8) is 0 Å². The van der Waals surface area contributed by atoms with Gasteiger partial charge in [0.25, 0.3) is 0 Å². The molecule has 3 nitrogen and oxygen atoms in total. The predicted octanol–water partition coefficient (Wildman–Crippen LogP) is 4.75. The number of hydrogen-bond acceptors (Lipinski definition) is 3. The van der Waals surface area contributed by atoms with Gasteiger partial charge in [-0.15, -0.1) is 13.2 Å². The van der Waals surface area contributed by atoms with E-state index in [1.807, 2.05) is 23.5 Å². The van der Waals surface area contributed by atoms with E-state index in [1.54, 1.807) is 7.11 Å². The molecular weight excluding hydrogens is 437 g/mol. The van der Waals surface area contributed by atoms with Gasteiger partial charge in [-0.25, -0.2) is 0 Å². The van der Waals surface area contributed by atoms with Gasteiger partial charge >= 0.3 is 8.56 Å². The first-order chi connectivity index (χ1) is 14.0. The normalized spacial score (nSPS) is 12.1. The van der Waals surface area contributed by atoms with Gasteiger partial charge in [0, 0.05) is 7.11 Å². The van der Waals surface area contributed by atoms with E-state index in [-0.39, 0.29) is 0 Å². The fourth-order valence-corrected chi connectivity index (χ4v) is 13.7. The molecule has 0 aromatic heterocycles. The van der Waals surface area contributed by atoms with Crippen molar-refractivity contribution in [2.24, 2.45) is 0 Å². The molecule has 0 saturated carbocycles. The van der Waals surface area contributed by atoms with Crippen LogP contribution < -0.4 is 10.4 Å². The lowest BCUT2D eigenvalue weighted by atomic mass is 10.4. The molecule has 2 rings (SSSR count). The molecule has 0 spiro atoms. The number of hydrogen-bond donors (Lipinski definition) is 0. The van der Waals surface area contributed by atoms with E-state index in [1.165, 1.54) is 10.4 Å². The molecule has 0 bridgehead atoms. The van der Waals surface area contributed by atoms with Crippen molar-refractivity contribution < 1.29 is 12.7 Å². The third-order valence-electron chi connectivity index (χ3n) is 4.62. The Hall–Kier alpha value is -1.33. The zero-order valence-electron chi connectivity index (χ0n) is 19.6. The van der Waals surface area contributed by atoms with Crippen LogP contribution in [0, 0.1) is 0 Å². The molecule has 164 valence electrons. The summed E-state index contributed by atoms with van der Waals surface area (Å²) in [6, 6.07) is 21.1. The molecule has 0 amide bonds. The summed E-state index contributed by atoms with van der Waals surface area (Å²) in [5.74, 6) is 0. The molecule has 0 fully saturated rings. The highest BCUT2D eigenvalue weighted by molar-refractivity contribution is 6.91. The SMILES string of the molecule is C=C[Si](C)(C)OC.C=C[Si](C)(C)O[Si](C)(C)O[SiH](c1ccccc1)c1ccccc1. The highest BCUT2D eigenvalue weighted by atomic mass is 28.5. The van der Waals surface area contributed by atoms with Gasteiger partial charge in [0.05, 0.1) is 0 Å². The molecule has 0 heterocycles. The summed E-state index contributed by atoms with van der Waals surface area (Å²) in [4.78, 5) is 0. The summed E-state index contributed by atoms with van der Waals surface area (Å²) in [5.41, 5.74) is 3.89. The first-order valence-electron chi connectivity index (χ1n) is 10.3. The molecule has 0 aliphatic heterocycles. The quantitative estimate of drug-likeness (QED) is 0.491. The Bertz CT molecular complexity index is 738. The van der Waals surface area contributed by atoms with E-state index in [0.717, 1.165) is 0 Å². The highest BCUT2D eigenvalue weighted by Gasteiger charge is 2.36. The largest absolute Gasteiger partial charge is 0.433 e. The lowest BCUT2D eigenvalue weighted by molar-refractivity contribution is 0.411. The molecule has 0 saturated heterocycles. The van der Waals surface area contributed by atoms with Gasteiger partial charge in [-0.2, -0.15) is 0 Å². The lowest BCUT2D eigenvalue weighted by Gasteiger charge is -2.34. The Morgan fingerprint density at radius 1 is 0.700 bits per heavy atom. The molecule has 0 unspecified atom stereocenters. The standard InChI is InChI=1S/C18H26O2Si3.C5H12OSi/c1-6-22(2,3)20-23(4,5)19-21(17-13-9-7-10-14-17)18-15-11-8-12-16-18;1-5-7(3,4)6-2/h6-16,21H,1H2,2-5H3;5H,1H2,2-4H3. The van der Waals surface area contributed by atoms with Gasteiger partial charge in [0.2, 0.25) is 17.4 Å². The average molecular weight is 475 g/mol. The van der Waals surface area contributed by atoms with Crippen LogP contribution in [0.3, 0.4) is 0 Å². The fourth-order valence-electron chi connectivity index (χ4n) is 2.65. The van der Waals surface area contributed by atoms with Crippen LogP contribution in [0.4, 0.5) is 0 Å². The number of rotatable bonds is 9. The summed E-state index contributed by atoms with van der Waals surface area (Å²) in [5, 5.41) is 2.59. The van der Waals surface area contributed by atoms with Crippen LogP contribution in [-0.2, 0) is 12.7 Å². The van der Waals surface area contributed by atoms with E-state index in [2.05, 4.69) is 101 Å². The second-order valence-electron chi connectivity index (χ2n) is 8.64. The highest BCUT2D eigenvalue weighted by Crippen LogP contribution is 2.17. The zero-order chi connectivity index (χ0) is 22.8. The minimum absolute atomic E-state index is 1.29. The second kappa shape index (κ2) is 11.9. The summed E-state index contributed by atoms with van der Waals surface area (Å²) in [6.45, 7) is 20.4. The smallest absolute Gasteiger partial charge is 0.311 e. The minimum Gasteiger partial charge on any atom is -0.433 e. The lowest BCUT2D eigenvalue weighted by Crippen LogP contribution is -2.55. The molecule has 0 aliphatic carbocycles. The maximum Gasteiger partial charge on any atom is 0.311 e. The maximum absolute atomic E-state index is 6.69. The van der Waals surface area contributed by atoms with Crippen molar-refractivity contribution in [2.45, 2.75) is 39.3 Å². The van der Waals surface area contributed by atoms with Gasteiger partial charge in [0.15, 0.2) is 8.32 Å². The second-order valence-corrected chi connectivity index (χ2v) is 22.9. The van der Waals surface area contributed by atoms with Gasteiger partial charge in [-0.3, -0.25) is 0 Å². The summed E-state index contributed by atoms with van der Waals surface area (Å²) in [7, 11) is -5.50. The summed E-state index contributed by atoms with van der Waals surface area (Å²) < 4.78 is 18.2. The first-order valence-corrected chi connectivity index (χ1v) is 20.7. The third kappa shape index (κ3) is 9.65. The van der Waals surface area contributed by atoms with Crippen molar-refractivity contribution >= 4 is 44.6 Å². The van der Waals surface area contributed by atoms with Crippen LogP contribution in [0.5, 0.6) is 0 Å². The van der Waals surface area contributed by atoms with Crippen molar-refractivity contribution in [2.75, 3.05) is 7.11 Å². The van der Waals surface area contributed by atoms with Crippen LogP contribution in [0.25, 0.3) is 0 Å². The van der Waals surface area contributed by atoms with Crippen molar-refractivity contribution in [1.82, 2.24) is 0 Å². The molecule has 2 aromatic carbocycles. The van der Waals surface area contributed by atoms with Crippen molar-refractivity contribution in [3.05, 3.63) is 85.2 Å². The van der Waals surface area contributed by atoms with Crippen LogP contribution >= 0.6 is 0 Å². The van der Waals surface area contributed by atoms with E-state index in [9.17, 15) is 0 Å². The molecule has 2 aromatic rings. The van der Waals surface area contributed by atoms with E-state index >= 15 is 0 Å². The van der Waals surface area contributed by atoms with Crippen LogP contribution in [0.2, 0.25) is 39.3 Å². The Kier molecular flexibility index (Phi) is 10.6. The zero-order valence-corrected chi connectivity index (χ0v) is 23.8. The summed E-state index contributed by atoms with van der Waals surface area (Å²) in [6.07, 6.45) is 0. The Morgan fingerprint density at radius 3 is 1.40 bits per heavy atom. The van der Waals surface area contributed by atoms with Crippen LogP contribution in [-0.4, -0.2) is 41.3 Å². The molecule has 0 atom stereocenters. The Morgan fingerprint density at radius 2 is 1.10 bits per heavy atom. The molecule has 7 heteroatoms. The molecule has 0 aliphatic rings. The third-order valence-corrected chi connectivity index (χ3v) is 16.9. The Balaban J connectivity index is 0.000000553. The molecular formula is C23H38O3Si4. The van der Waals surface area contributed by atoms with E-state index < -0.39 is 34.2 Å². The van der Waals surface area contributed by atoms with Crippen molar-refractivity contribution in [3.8, 4) is 0 Å². The minimum atomic E-state index is -2.24. The molecule has 0 radical (unpaired) electrons. The van der Waals surface area contributed by atoms with Crippen LogP contribution in [0.1, 0.15) is 0 Å². The maximum atomic E-state index is 6.69. The van der Waals surface area contributed by atoms with Gasteiger partial charge in [0.1, 0.15) is 0 Å². The van der Waals surface area contributed by atoms with Gasteiger partial charge < -0.3 is 12.7 Å². The van der Waals surface area contributed by atoms with E-state index in [0.29, 0.717) is 0 Å². The number of benzene rings is 2. The molecule has 30 heavy (non-hydrogen) atoms. The Labute approximate surface area is 188 Å². The van der Waals surface area contributed by atoms with Gasteiger partial charge in [-0.05, 0) is 49.7 Å². The predicted molar refractivity (Wildman–Crippen MR) is 141 cm³/mol. The monoisotopic (exact) mass is 474 g/mol.